The number of esters is 1. The summed E-state index contributed by atoms with van der Waals surface area (Å²) in [5.74, 6) is -9.53. The molecule has 0 N–H and O–H groups in total. The molecule has 29 heavy (non-hydrogen) atoms. The largest absolute Gasteiger partial charge is 0.448 e. The van der Waals surface area contributed by atoms with Crippen molar-refractivity contribution < 1.29 is 36.7 Å². The van der Waals surface area contributed by atoms with E-state index in [2.05, 4.69) is 5.10 Å². The molecular formula is C18H17F4N3O4. The van der Waals surface area contributed by atoms with E-state index in [1.165, 1.54) is 11.8 Å². The highest BCUT2D eigenvalue weighted by atomic mass is 19.2. The minimum Gasteiger partial charge on any atom is -0.448 e. The van der Waals surface area contributed by atoms with Gasteiger partial charge in [-0.3, -0.25) is 9.59 Å². The fourth-order valence-electron chi connectivity index (χ4n) is 3.10. The highest BCUT2D eigenvalue weighted by Crippen LogP contribution is 2.30. The lowest BCUT2D eigenvalue weighted by molar-refractivity contribution is -0.153. The van der Waals surface area contributed by atoms with E-state index in [1.807, 2.05) is 0 Å². The molecule has 1 saturated heterocycles. The van der Waals surface area contributed by atoms with Crippen molar-refractivity contribution in [3.63, 3.8) is 0 Å². The molecule has 2 aliphatic rings. The van der Waals surface area contributed by atoms with E-state index < -0.39 is 65.0 Å². The van der Waals surface area contributed by atoms with Crippen LogP contribution < -0.4 is 5.01 Å². The third-order valence-electron chi connectivity index (χ3n) is 4.62. The third kappa shape index (κ3) is 4.08. The first-order valence-electron chi connectivity index (χ1n) is 8.94. The minimum atomic E-state index is -1.83. The second-order valence-electron chi connectivity index (χ2n) is 6.65. The Morgan fingerprint density at radius 3 is 2.24 bits per heavy atom. The lowest BCUT2D eigenvalue weighted by Gasteiger charge is -2.25. The zero-order chi connectivity index (χ0) is 21.3. The number of carbonyl (C=O) groups is 3. The first kappa shape index (κ1) is 20.7. The zero-order valence-corrected chi connectivity index (χ0v) is 15.4. The number of hydrazone groups is 1. The number of amides is 2. The van der Waals surface area contributed by atoms with Gasteiger partial charge in [0, 0.05) is 32.0 Å². The SMILES string of the molecule is C[C@@H](OC(=O)C1=NN(c2c(F)c(F)cc(F)c2F)C(=O)CC1)C(=O)N1CCCC1. The van der Waals surface area contributed by atoms with Gasteiger partial charge in [-0.2, -0.15) is 10.1 Å². The molecule has 7 nitrogen and oxygen atoms in total. The van der Waals surface area contributed by atoms with Crippen LogP contribution in [0.5, 0.6) is 0 Å². The average Bonchev–Trinajstić information content (AvgIpc) is 3.22. The van der Waals surface area contributed by atoms with Gasteiger partial charge in [0.1, 0.15) is 11.4 Å². The topological polar surface area (TPSA) is 79.3 Å². The summed E-state index contributed by atoms with van der Waals surface area (Å²) < 4.78 is 60.0. The molecule has 1 atom stereocenters. The van der Waals surface area contributed by atoms with Crippen LogP contribution in [0.1, 0.15) is 32.6 Å². The van der Waals surface area contributed by atoms with E-state index in [9.17, 15) is 31.9 Å². The van der Waals surface area contributed by atoms with Gasteiger partial charge in [0.15, 0.2) is 29.4 Å². The Bertz CT molecular complexity index is 873. The van der Waals surface area contributed by atoms with Crippen molar-refractivity contribution >= 4 is 29.2 Å². The van der Waals surface area contributed by atoms with Gasteiger partial charge in [-0.1, -0.05) is 0 Å². The molecule has 11 heteroatoms. The summed E-state index contributed by atoms with van der Waals surface area (Å²) in [5, 5.41) is 3.64. The van der Waals surface area contributed by atoms with Crippen molar-refractivity contribution in [1.82, 2.24) is 4.90 Å². The van der Waals surface area contributed by atoms with Crippen LogP contribution in [0.4, 0.5) is 23.2 Å². The quantitative estimate of drug-likeness (QED) is 0.429. The van der Waals surface area contributed by atoms with Gasteiger partial charge in [0.05, 0.1) is 0 Å². The predicted molar refractivity (Wildman–Crippen MR) is 91.8 cm³/mol. The van der Waals surface area contributed by atoms with Crippen LogP contribution in [0.25, 0.3) is 0 Å². The fourth-order valence-corrected chi connectivity index (χ4v) is 3.10. The molecule has 0 bridgehead atoms. The molecule has 1 aromatic carbocycles. The predicted octanol–water partition coefficient (Wildman–Crippen LogP) is 2.28. The molecule has 0 radical (unpaired) electrons. The number of likely N-dealkylation sites (tertiary alicyclic amines) is 1. The van der Waals surface area contributed by atoms with Crippen molar-refractivity contribution in [2.45, 2.75) is 38.7 Å². The van der Waals surface area contributed by atoms with E-state index in [1.54, 1.807) is 0 Å². The number of anilines is 1. The van der Waals surface area contributed by atoms with E-state index in [4.69, 9.17) is 4.74 Å². The third-order valence-corrected chi connectivity index (χ3v) is 4.62. The second-order valence-corrected chi connectivity index (χ2v) is 6.65. The summed E-state index contributed by atoms with van der Waals surface area (Å²) in [5.41, 5.74) is -1.77. The van der Waals surface area contributed by atoms with Crippen LogP contribution in [-0.4, -0.2) is 47.6 Å². The van der Waals surface area contributed by atoms with Gasteiger partial charge in [0.25, 0.3) is 5.91 Å². The molecule has 0 aliphatic carbocycles. The van der Waals surface area contributed by atoms with E-state index in [0.717, 1.165) is 12.8 Å². The highest BCUT2D eigenvalue weighted by Gasteiger charge is 2.34. The van der Waals surface area contributed by atoms with Crippen molar-refractivity contribution in [1.29, 1.82) is 0 Å². The average molecular weight is 415 g/mol. The van der Waals surface area contributed by atoms with Gasteiger partial charge in [-0.25, -0.2) is 22.4 Å². The standard InChI is InChI=1S/C18H17F4N3O4/c1-9(17(27)24-6-2-3-7-24)29-18(28)12-4-5-13(26)25(23-12)16-14(21)10(19)8-11(20)15(16)22/h8-9H,2-7H2,1H3/t9-/m1/s1. The molecule has 2 amide bonds. The van der Waals surface area contributed by atoms with Gasteiger partial charge in [0.2, 0.25) is 5.91 Å². The molecule has 0 saturated carbocycles. The number of hydrogen-bond acceptors (Lipinski definition) is 5. The Morgan fingerprint density at radius 2 is 1.66 bits per heavy atom. The van der Waals surface area contributed by atoms with E-state index in [-0.39, 0.29) is 17.5 Å². The van der Waals surface area contributed by atoms with E-state index >= 15 is 0 Å². The summed E-state index contributed by atoms with van der Waals surface area (Å²) >= 11 is 0. The lowest BCUT2D eigenvalue weighted by atomic mass is 10.1. The molecule has 2 aliphatic heterocycles. The van der Waals surface area contributed by atoms with Crippen LogP contribution in [-0.2, 0) is 19.1 Å². The molecule has 1 aromatic rings. The van der Waals surface area contributed by atoms with Crippen LogP contribution >= 0.6 is 0 Å². The molecular weight excluding hydrogens is 398 g/mol. The Balaban J connectivity index is 1.83. The van der Waals surface area contributed by atoms with Crippen molar-refractivity contribution in [3.8, 4) is 0 Å². The molecule has 3 rings (SSSR count). The minimum absolute atomic E-state index is 0.00682. The normalized spacial score (nSPS) is 18.0. The summed E-state index contributed by atoms with van der Waals surface area (Å²) in [7, 11) is 0. The molecule has 2 heterocycles. The monoisotopic (exact) mass is 415 g/mol. The maximum atomic E-state index is 14.0. The maximum absolute atomic E-state index is 14.0. The molecule has 0 spiro atoms. The number of carbonyl (C=O) groups excluding carboxylic acids is 3. The van der Waals surface area contributed by atoms with Gasteiger partial charge < -0.3 is 9.64 Å². The number of nitrogens with zero attached hydrogens (tertiary/aromatic N) is 3. The number of benzene rings is 1. The number of ether oxygens (including phenoxy) is 1. The van der Waals surface area contributed by atoms with Crippen LogP contribution in [0.2, 0.25) is 0 Å². The molecule has 1 fully saturated rings. The smallest absolute Gasteiger partial charge is 0.355 e. The van der Waals surface area contributed by atoms with Crippen molar-refractivity contribution in [2.75, 3.05) is 18.1 Å². The van der Waals surface area contributed by atoms with Crippen LogP contribution in [0.15, 0.2) is 11.2 Å². The van der Waals surface area contributed by atoms with Crippen LogP contribution in [0.3, 0.4) is 0 Å². The summed E-state index contributed by atoms with van der Waals surface area (Å²) in [6, 6.07) is -0.00682. The summed E-state index contributed by atoms with van der Waals surface area (Å²) in [6.07, 6.45) is -0.0664. The molecule has 0 aromatic heterocycles. The maximum Gasteiger partial charge on any atom is 0.355 e. The Kier molecular flexibility index (Phi) is 5.85. The zero-order valence-electron chi connectivity index (χ0n) is 15.4. The number of rotatable bonds is 4. The van der Waals surface area contributed by atoms with Gasteiger partial charge >= 0.3 is 5.97 Å². The van der Waals surface area contributed by atoms with E-state index in [0.29, 0.717) is 13.1 Å². The summed E-state index contributed by atoms with van der Waals surface area (Å²) in [4.78, 5) is 38.1. The molecule has 156 valence electrons. The van der Waals surface area contributed by atoms with Gasteiger partial charge in [-0.15, -0.1) is 0 Å². The first-order valence-corrected chi connectivity index (χ1v) is 8.94. The number of hydrogen-bond donors (Lipinski definition) is 0. The van der Waals surface area contributed by atoms with Crippen molar-refractivity contribution in [3.05, 3.63) is 29.3 Å². The van der Waals surface area contributed by atoms with Crippen LogP contribution in [0, 0.1) is 23.3 Å². The van der Waals surface area contributed by atoms with Crippen molar-refractivity contribution in [2.24, 2.45) is 5.10 Å². The highest BCUT2D eigenvalue weighted by molar-refractivity contribution is 6.38. The second kappa shape index (κ2) is 8.18. The summed E-state index contributed by atoms with van der Waals surface area (Å²) in [6.45, 7) is 2.47. The Labute approximate surface area is 162 Å². The number of halogens is 4. The van der Waals surface area contributed by atoms with Gasteiger partial charge in [-0.05, 0) is 19.8 Å². The lowest BCUT2D eigenvalue weighted by Crippen LogP contribution is -2.41. The first-order chi connectivity index (χ1) is 13.7. The molecule has 0 unspecified atom stereocenters. The Morgan fingerprint density at radius 1 is 1.07 bits per heavy atom. The fraction of sp³-hybridized carbons (Fsp3) is 0.444. The Hall–Kier alpha value is -2.98.